The molecule has 4 bridgehead atoms. The van der Waals surface area contributed by atoms with Gasteiger partial charge >= 0.3 is 0 Å². The van der Waals surface area contributed by atoms with Crippen LogP contribution in [0.25, 0.3) is 65.4 Å². The van der Waals surface area contributed by atoms with Gasteiger partial charge < -0.3 is 13.7 Å². The first-order valence-electron chi connectivity index (χ1n) is 16.7. The van der Waals surface area contributed by atoms with Crippen molar-refractivity contribution in [2.24, 2.45) is 17.8 Å². The molecule has 4 saturated carbocycles. The minimum Gasteiger partial charge on any atom is -0.455 e. The van der Waals surface area contributed by atoms with Crippen LogP contribution >= 0.6 is 0 Å². The van der Waals surface area contributed by atoms with E-state index >= 15 is 0 Å². The van der Waals surface area contributed by atoms with Crippen LogP contribution in [0.3, 0.4) is 0 Å². The van der Waals surface area contributed by atoms with Gasteiger partial charge in [0.25, 0.3) is 0 Å². The van der Waals surface area contributed by atoms with Gasteiger partial charge in [-0.2, -0.15) is 0 Å². The summed E-state index contributed by atoms with van der Waals surface area (Å²) in [7, 11) is 0. The Hall–Kier alpha value is -4.76. The lowest BCUT2D eigenvalue weighted by Gasteiger charge is -2.61. The molecule has 0 unspecified atom stereocenters. The Kier molecular flexibility index (Phi) is 4.74. The van der Waals surface area contributed by atoms with Gasteiger partial charge in [-0.15, -0.1) is 0 Å². The molecule has 0 atom stereocenters. The van der Waals surface area contributed by atoms with Crippen molar-refractivity contribution < 1.29 is 8.83 Å². The molecule has 3 heteroatoms. The highest BCUT2D eigenvalue weighted by Crippen LogP contribution is 2.61. The molecule has 12 rings (SSSR count). The molecule has 218 valence electrons. The molecular formula is C42H33NO2. The van der Waals surface area contributed by atoms with Crippen molar-refractivity contribution in [1.82, 2.24) is 0 Å². The van der Waals surface area contributed by atoms with E-state index in [2.05, 4.69) is 114 Å². The van der Waals surface area contributed by atoms with E-state index in [4.69, 9.17) is 8.83 Å². The average molecular weight is 584 g/mol. The van der Waals surface area contributed by atoms with E-state index in [1.807, 2.05) is 0 Å². The van der Waals surface area contributed by atoms with Crippen LogP contribution in [0, 0.1) is 17.8 Å². The SMILES string of the molecule is c1ccc2c(c1)ccc1cc(N(c3cc4c5ccccc5oc4c4c3oc3ccccc34)C34CC5CC(CC(C5)C3)C4)ccc12. The van der Waals surface area contributed by atoms with E-state index in [0.717, 1.165) is 56.2 Å². The Morgan fingerprint density at radius 2 is 1.11 bits per heavy atom. The van der Waals surface area contributed by atoms with Crippen molar-refractivity contribution in [1.29, 1.82) is 0 Å². The maximum Gasteiger partial charge on any atom is 0.162 e. The first-order chi connectivity index (χ1) is 22.2. The van der Waals surface area contributed by atoms with E-state index in [9.17, 15) is 0 Å². The number of rotatable bonds is 3. The number of anilines is 2. The number of hydrogen-bond donors (Lipinski definition) is 0. The molecule has 2 heterocycles. The molecule has 2 aromatic heterocycles. The van der Waals surface area contributed by atoms with Gasteiger partial charge in [-0.05, 0) is 108 Å². The van der Waals surface area contributed by atoms with Crippen molar-refractivity contribution in [2.75, 3.05) is 4.90 Å². The molecule has 0 radical (unpaired) electrons. The molecule has 0 N–H and O–H groups in total. The first kappa shape index (κ1) is 24.5. The summed E-state index contributed by atoms with van der Waals surface area (Å²) >= 11 is 0. The standard InChI is InChI=1S/C42H33NO2/c1-2-8-31-28(7-1)13-14-29-20-30(15-16-32(29)31)43(42-22-25-17-26(23-42)19-27(18-25)24-42)36-21-35-33-9-3-5-11-37(33)44-40(35)39-34-10-4-6-12-38(34)45-41(36)39/h1-16,20-21,25-27H,17-19,22-24H2. The summed E-state index contributed by atoms with van der Waals surface area (Å²) in [5.41, 5.74) is 6.23. The molecule has 0 amide bonds. The average Bonchev–Trinajstić information content (AvgIpc) is 3.63. The molecule has 6 aromatic carbocycles. The Morgan fingerprint density at radius 1 is 0.511 bits per heavy atom. The van der Waals surface area contributed by atoms with E-state index in [0.29, 0.717) is 0 Å². The summed E-state index contributed by atoms with van der Waals surface area (Å²) in [6, 6.07) is 39.9. The van der Waals surface area contributed by atoms with Crippen LogP contribution in [0.1, 0.15) is 38.5 Å². The fourth-order valence-corrected chi connectivity index (χ4v) is 10.4. The van der Waals surface area contributed by atoms with Crippen molar-refractivity contribution >= 4 is 76.8 Å². The summed E-state index contributed by atoms with van der Waals surface area (Å²) in [6.45, 7) is 0. The molecule has 4 fully saturated rings. The quantitative estimate of drug-likeness (QED) is 0.194. The summed E-state index contributed by atoms with van der Waals surface area (Å²) in [5.74, 6) is 2.44. The lowest BCUT2D eigenvalue weighted by Crippen LogP contribution is -2.58. The van der Waals surface area contributed by atoms with Gasteiger partial charge in [-0.25, -0.2) is 0 Å². The normalized spacial score (nSPS) is 24.2. The van der Waals surface area contributed by atoms with Crippen molar-refractivity contribution in [3.8, 4) is 0 Å². The molecule has 45 heavy (non-hydrogen) atoms. The van der Waals surface area contributed by atoms with Crippen LogP contribution in [0.5, 0.6) is 0 Å². The minimum atomic E-state index is 0.0679. The van der Waals surface area contributed by atoms with Gasteiger partial charge in [-0.3, -0.25) is 0 Å². The minimum absolute atomic E-state index is 0.0679. The molecule has 3 nitrogen and oxygen atoms in total. The monoisotopic (exact) mass is 583 g/mol. The van der Waals surface area contributed by atoms with Crippen LogP contribution in [0.2, 0.25) is 0 Å². The fraction of sp³-hybridized carbons (Fsp3) is 0.238. The maximum absolute atomic E-state index is 6.90. The largest absolute Gasteiger partial charge is 0.455 e. The number of benzene rings is 6. The smallest absolute Gasteiger partial charge is 0.162 e. The summed E-state index contributed by atoms with van der Waals surface area (Å²) in [5, 5.41) is 9.75. The summed E-state index contributed by atoms with van der Waals surface area (Å²) in [4.78, 5) is 2.76. The third-order valence-electron chi connectivity index (χ3n) is 11.7. The van der Waals surface area contributed by atoms with Gasteiger partial charge in [0, 0.05) is 27.4 Å². The molecule has 0 aliphatic heterocycles. The zero-order chi connectivity index (χ0) is 29.3. The molecule has 4 aliphatic rings. The van der Waals surface area contributed by atoms with Crippen molar-refractivity contribution in [2.45, 2.75) is 44.1 Å². The van der Waals surface area contributed by atoms with Crippen LogP contribution in [-0.2, 0) is 0 Å². The Morgan fingerprint density at radius 3 is 1.89 bits per heavy atom. The van der Waals surface area contributed by atoms with Gasteiger partial charge in [0.05, 0.1) is 11.1 Å². The molecular weight excluding hydrogens is 550 g/mol. The Bertz CT molecular complexity index is 2460. The first-order valence-corrected chi connectivity index (χ1v) is 16.7. The van der Waals surface area contributed by atoms with Gasteiger partial charge in [0.1, 0.15) is 16.7 Å². The molecule has 8 aromatic rings. The highest BCUT2D eigenvalue weighted by molar-refractivity contribution is 6.25. The molecule has 0 saturated heterocycles. The van der Waals surface area contributed by atoms with E-state index < -0.39 is 0 Å². The molecule has 4 aliphatic carbocycles. The lowest BCUT2D eigenvalue weighted by molar-refractivity contribution is 0.000607. The second-order valence-corrected chi connectivity index (χ2v) is 14.3. The van der Waals surface area contributed by atoms with E-state index in [1.165, 1.54) is 76.8 Å². The predicted molar refractivity (Wildman–Crippen MR) is 185 cm³/mol. The van der Waals surface area contributed by atoms with E-state index in [1.54, 1.807) is 0 Å². The van der Waals surface area contributed by atoms with Crippen LogP contribution in [0.15, 0.2) is 118 Å². The zero-order valence-corrected chi connectivity index (χ0v) is 25.1. The fourth-order valence-electron chi connectivity index (χ4n) is 10.4. The maximum atomic E-state index is 6.90. The second-order valence-electron chi connectivity index (χ2n) is 14.3. The van der Waals surface area contributed by atoms with Gasteiger partial charge in [-0.1, -0.05) is 78.9 Å². The van der Waals surface area contributed by atoms with Crippen LogP contribution in [-0.4, -0.2) is 5.54 Å². The second kappa shape index (κ2) is 8.69. The number of para-hydroxylation sites is 2. The summed E-state index contributed by atoms with van der Waals surface area (Å²) < 4.78 is 13.5. The third kappa shape index (κ3) is 3.36. The topological polar surface area (TPSA) is 29.5 Å². The summed E-state index contributed by atoms with van der Waals surface area (Å²) in [6.07, 6.45) is 7.97. The zero-order valence-electron chi connectivity index (χ0n) is 25.1. The highest BCUT2D eigenvalue weighted by Gasteiger charge is 2.54. The van der Waals surface area contributed by atoms with Crippen LogP contribution in [0.4, 0.5) is 11.4 Å². The van der Waals surface area contributed by atoms with Gasteiger partial charge in [0.2, 0.25) is 0 Å². The molecule has 0 spiro atoms. The number of fused-ring (bicyclic) bond motifs is 10. The highest BCUT2D eigenvalue weighted by atomic mass is 16.3. The number of hydrogen-bond acceptors (Lipinski definition) is 3. The van der Waals surface area contributed by atoms with E-state index in [-0.39, 0.29) is 5.54 Å². The van der Waals surface area contributed by atoms with Crippen molar-refractivity contribution in [3.05, 3.63) is 109 Å². The Balaban J connectivity index is 1.25. The predicted octanol–water partition coefficient (Wildman–Crippen LogP) is 11.9. The number of furan rings is 2. The Labute approximate surface area is 261 Å². The van der Waals surface area contributed by atoms with Gasteiger partial charge in [0.15, 0.2) is 5.58 Å². The van der Waals surface area contributed by atoms with Crippen molar-refractivity contribution in [3.63, 3.8) is 0 Å². The number of nitrogens with zero attached hydrogens (tertiary/aromatic N) is 1. The lowest BCUT2D eigenvalue weighted by atomic mass is 9.52. The third-order valence-corrected chi connectivity index (χ3v) is 11.7. The van der Waals surface area contributed by atoms with Crippen LogP contribution < -0.4 is 4.90 Å².